The molecule has 2 heterocycles. The molecule has 0 saturated carbocycles. The molecule has 0 bridgehead atoms. The molecule has 0 N–H and O–H groups in total. The quantitative estimate of drug-likeness (QED) is 0.231. The number of hydrogen-bond acceptors (Lipinski definition) is 3. The number of para-hydroxylation sites is 2. The highest BCUT2D eigenvalue weighted by atomic mass is 14.9. The molecule has 194 valence electrons. The van der Waals surface area contributed by atoms with Crippen molar-refractivity contribution in [1.82, 2.24) is 15.0 Å². The van der Waals surface area contributed by atoms with Crippen LogP contribution in [0.25, 0.3) is 66.7 Å². The predicted molar refractivity (Wildman–Crippen MR) is 169 cm³/mol. The highest BCUT2D eigenvalue weighted by molar-refractivity contribution is 5.98. The Morgan fingerprint density at radius 2 is 1.22 bits per heavy atom. The van der Waals surface area contributed by atoms with Gasteiger partial charge in [0.25, 0.3) is 0 Å². The van der Waals surface area contributed by atoms with Gasteiger partial charge in [0.2, 0.25) is 0 Å². The Bertz CT molecular complexity index is 2120. The van der Waals surface area contributed by atoms with Crippen molar-refractivity contribution < 1.29 is 0 Å². The van der Waals surface area contributed by atoms with Crippen molar-refractivity contribution in [3.63, 3.8) is 0 Å². The fourth-order valence-electron chi connectivity index (χ4n) is 6.50. The van der Waals surface area contributed by atoms with Crippen molar-refractivity contribution in [1.29, 1.82) is 0 Å². The van der Waals surface area contributed by atoms with Crippen LogP contribution < -0.4 is 0 Å². The maximum Gasteiger partial charge on any atom is 0.161 e. The average Bonchev–Trinajstić information content (AvgIpc) is 3.27. The lowest BCUT2D eigenvalue weighted by atomic mass is 9.82. The largest absolute Gasteiger partial charge is 0.256 e. The first-order valence-corrected chi connectivity index (χ1v) is 14.0. The van der Waals surface area contributed by atoms with Crippen LogP contribution >= 0.6 is 0 Å². The highest BCUT2D eigenvalue weighted by Gasteiger charge is 2.37. The summed E-state index contributed by atoms with van der Waals surface area (Å²) in [5.41, 5.74) is 12.4. The van der Waals surface area contributed by atoms with E-state index < -0.39 is 0 Å². The van der Waals surface area contributed by atoms with Gasteiger partial charge in [0.05, 0.1) is 16.7 Å². The number of benzene rings is 5. The lowest BCUT2D eigenvalue weighted by Gasteiger charge is -2.21. The molecule has 0 radical (unpaired) electrons. The van der Waals surface area contributed by atoms with E-state index in [1.165, 1.54) is 22.3 Å². The second-order valence-electron chi connectivity index (χ2n) is 11.3. The van der Waals surface area contributed by atoms with Crippen LogP contribution in [0, 0.1) is 0 Å². The number of nitrogens with zero attached hydrogens (tertiary/aromatic N) is 3. The highest BCUT2D eigenvalue weighted by Crippen LogP contribution is 2.51. The van der Waals surface area contributed by atoms with Gasteiger partial charge in [-0.05, 0) is 39.9 Å². The molecule has 0 fully saturated rings. The minimum Gasteiger partial charge on any atom is -0.256 e. The first kappa shape index (κ1) is 23.7. The summed E-state index contributed by atoms with van der Waals surface area (Å²) < 4.78 is 0. The van der Waals surface area contributed by atoms with Crippen LogP contribution in [0.5, 0.6) is 0 Å². The molecule has 8 rings (SSSR count). The normalized spacial score (nSPS) is 13.3. The molecular formula is C38H27N3. The van der Waals surface area contributed by atoms with E-state index in [1.807, 2.05) is 18.3 Å². The Balaban J connectivity index is 1.30. The maximum atomic E-state index is 5.27. The molecule has 41 heavy (non-hydrogen) atoms. The van der Waals surface area contributed by atoms with Crippen LogP contribution in [0.3, 0.4) is 0 Å². The third-order valence-electron chi connectivity index (χ3n) is 8.55. The number of pyridine rings is 1. The molecule has 1 aliphatic rings. The topological polar surface area (TPSA) is 38.7 Å². The van der Waals surface area contributed by atoms with Crippen LogP contribution in [-0.4, -0.2) is 15.0 Å². The van der Waals surface area contributed by atoms with Gasteiger partial charge in [0, 0.05) is 39.1 Å². The van der Waals surface area contributed by atoms with Gasteiger partial charge < -0.3 is 0 Å². The monoisotopic (exact) mass is 525 g/mol. The Hall–Kier alpha value is -5.15. The van der Waals surface area contributed by atoms with Gasteiger partial charge in [-0.3, -0.25) is 4.98 Å². The van der Waals surface area contributed by atoms with E-state index in [9.17, 15) is 0 Å². The van der Waals surface area contributed by atoms with Crippen molar-refractivity contribution in [2.75, 3.05) is 0 Å². The molecule has 0 aliphatic heterocycles. The van der Waals surface area contributed by atoms with Crippen molar-refractivity contribution in [2.45, 2.75) is 19.3 Å². The van der Waals surface area contributed by atoms with Crippen LogP contribution in [0.2, 0.25) is 0 Å². The number of aromatic nitrogens is 3. The van der Waals surface area contributed by atoms with E-state index in [0.717, 1.165) is 55.6 Å². The fraction of sp³-hybridized carbons (Fsp3) is 0.0789. The van der Waals surface area contributed by atoms with Crippen molar-refractivity contribution in [2.24, 2.45) is 0 Å². The van der Waals surface area contributed by atoms with Gasteiger partial charge >= 0.3 is 0 Å². The van der Waals surface area contributed by atoms with Crippen LogP contribution in [0.15, 0.2) is 128 Å². The number of rotatable bonds is 3. The van der Waals surface area contributed by atoms with Crippen LogP contribution in [0.1, 0.15) is 25.0 Å². The molecule has 0 atom stereocenters. The molecule has 5 aromatic carbocycles. The van der Waals surface area contributed by atoms with E-state index in [0.29, 0.717) is 0 Å². The zero-order chi connectivity index (χ0) is 27.6. The lowest BCUT2D eigenvalue weighted by molar-refractivity contribution is 0.660. The molecule has 1 aliphatic carbocycles. The Labute approximate surface area is 239 Å². The molecule has 0 unspecified atom stereocenters. The number of fused-ring (bicyclic) bond motifs is 5. The van der Waals surface area contributed by atoms with Crippen LogP contribution in [-0.2, 0) is 5.41 Å². The molecule has 3 nitrogen and oxygen atoms in total. The summed E-state index contributed by atoms with van der Waals surface area (Å²) >= 11 is 0. The second kappa shape index (κ2) is 8.94. The zero-order valence-electron chi connectivity index (χ0n) is 23.0. The average molecular weight is 526 g/mol. The molecule has 0 amide bonds. The van der Waals surface area contributed by atoms with Gasteiger partial charge in [-0.1, -0.05) is 123 Å². The predicted octanol–water partition coefficient (Wildman–Crippen LogP) is 9.49. The van der Waals surface area contributed by atoms with Crippen molar-refractivity contribution >= 4 is 21.8 Å². The van der Waals surface area contributed by atoms with Crippen molar-refractivity contribution in [3.05, 3.63) is 139 Å². The minimum atomic E-state index is -0.0755. The summed E-state index contributed by atoms with van der Waals surface area (Å²) in [6, 6.07) is 42.7. The first-order valence-electron chi connectivity index (χ1n) is 14.0. The van der Waals surface area contributed by atoms with E-state index in [2.05, 4.69) is 128 Å². The summed E-state index contributed by atoms with van der Waals surface area (Å²) in [7, 11) is 0. The Kier molecular flexibility index (Phi) is 5.17. The Morgan fingerprint density at radius 1 is 0.537 bits per heavy atom. The van der Waals surface area contributed by atoms with Crippen LogP contribution in [0.4, 0.5) is 0 Å². The SMILES string of the molecule is CC1(C)c2ccccc2-c2c(-c3nc(-c4ccc(-c5cccc6cccnc56)cc4)c4ccccc4n3)cccc21. The summed E-state index contributed by atoms with van der Waals surface area (Å²) in [5, 5.41) is 2.18. The Morgan fingerprint density at radius 3 is 2.12 bits per heavy atom. The number of hydrogen-bond donors (Lipinski definition) is 0. The zero-order valence-corrected chi connectivity index (χ0v) is 23.0. The first-order chi connectivity index (χ1) is 20.1. The summed E-state index contributed by atoms with van der Waals surface area (Å²) in [6.45, 7) is 4.61. The van der Waals surface area contributed by atoms with Crippen molar-refractivity contribution in [3.8, 4) is 44.9 Å². The molecular weight excluding hydrogens is 498 g/mol. The van der Waals surface area contributed by atoms with Gasteiger partial charge in [-0.2, -0.15) is 0 Å². The van der Waals surface area contributed by atoms with E-state index in [1.54, 1.807) is 0 Å². The van der Waals surface area contributed by atoms with Gasteiger partial charge in [-0.15, -0.1) is 0 Å². The third-order valence-corrected chi connectivity index (χ3v) is 8.55. The standard InChI is InChI=1S/C38H27N3/c1-38(2)31-16-5-3-12-28(31)34-30(15-8-17-32(34)38)37-40-33-18-6-4-13-29(33)36(41-37)26-21-19-24(20-22-26)27-14-7-10-25-11-9-23-39-35(25)27/h3-23H,1-2H3. The smallest absolute Gasteiger partial charge is 0.161 e. The second-order valence-corrected chi connectivity index (χ2v) is 11.3. The minimum absolute atomic E-state index is 0.0755. The van der Waals surface area contributed by atoms with Gasteiger partial charge in [0.15, 0.2) is 5.82 Å². The lowest BCUT2D eigenvalue weighted by Crippen LogP contribution is -2.14. The summed E-state index contributed by atoms with van der Waals surface area (Å²) in [5.74, 6) is 0.755. The summed E-state index contributed by atoms with van der Waals surface area (Å²) in [6.07, 6.45) is 1.86. The molecule has 0 saturated heterocycles. The molecule has 3 heteroatoms. The molecule has 2 aromatic heterocycles. The molecule has 0 spiro atoms. The van der Waals surface area contributed by atoms with E-state index >= 15 is 0 Å². The van der Waals surface area contributed by atoms with Gasteiger partial charge in [0.1, 0.15) is 0 Å². The fourth-order valence-corrected chi connectivity index (χ4v) is 6.50. The maximum absolute atomic E-state index is 5.27. The van der Waals surface area contributed by atoms with Gasteiger partial charge in [-0.25, -0.2) is 9.97 Å². The molecule has 7 aromatic rings. The third kappa shape index (κ3) is 3.63. The van der Waals surface area contributed by atoms with E-state index in [-0.39, 0.29) is 5.41 Å². The summed E-state index contributed by atoms with van der Waals surface area (Å²) in [4.78, 5) is 15.0. The van der Waals surface area contributed by atoms with E-state index in [4.69, 9.17) is 9.97 Å².